The molecule has 4 rings (SSSR count). The molecular formula is C23H23N5O2. The van der Waals surface area contributed by atoms with E-state index in [2.05, 4.69) is 20.0 Å². The monoisotopic (exact) mass is 401 g/mol. The Morgan fingerprint density at radius 1 is 1.03 bits per heavy atom. The summed E-state index contributed by atoms with van der Waals surface area (Å²) in [5, 5.41) is 12.4. The maximum Gasteiger partial charge on any atom is 0.204 e. The van der Waals surface area contributed by atoms with Crippen LogP contribution in [0.25, 0.3) is 17.1 Å². The number of tetrazole rings is 1. The molecule has 0 N–H and O–H groups in total. The van der Waals surface area contributed by atoms with E-state index < -0.39 is 0 Å². The zero-order chi connectivity index (χ0) is 21.1. The van der Waals surface area contributed by atoms with Crippen LogP contribution in [-0.2, 0) is 6.54 Å². The van der Waals surface area contributed by atoms with Gasteiger partial charge in [-0.2, -0.15) is 4.80 Å². The number of rotatable bonds is 7. The van der Waals surface area contributed by atoms with Crippen molar-refractivity contribution < 1.29 is 9.53 Å². The molecule has 7 nitrogen and oxygen atoms in total. The average Bonchev–Trinajstić information content (AvgIpc) is 3.34. The van der Waals surface area contributed by atoms with Crippen LogP contribution in [0.2, 0.25) is 0 Å². The van der Waals surface area contributed by atoms with Crippen LogP contribution in [0.3, 0.4) is 0 Å². The third-order valence-corrected chi connectivity index (χ3v) is 4.91. The van der Waals surface area contributed by atoms with E-state index in [9.17, 15) is 4.79 Å². The average molecular weight is 401 g/mol. The van der Waals surface area contributed by atoms with Crippen molar-refractivity contribution in [3.63, 3.8) is 0 Å². The van der Waals surface area contributed by atoms with Gasteiger partial charge in [-0.05, 0) is 56.3 Å². The fourth-order valence-electron chi connectivity index (χ4n) is 3.53. The lowest BCUT2D eigenvalue weighted by molar-refractivity contribution is 0.0961. The number of ether oxygens (including phenoxy) is 1. The Balaban J connectivity index is 1.55. The van der Waals surface area contributed by atoms with Crippen LogP contribution in [0.15, 0.2) is 60.7 Å². The molecule has 0 spiro atoms. The van der Waals surface area contributed by atoms with E-state index in [1.807, 2.05) is 81.4 Å². The number of carbonyl (C=O) groups is 1. The molecule has 30 heavy (non-hydrogen) atoms. The number of aromatic nitrogens is 5. The third-order valence-electron chi connectivity index (χ3n) is 4.91. The number of aryl methyl sites for hydroxylation is 1. The van der Waals surface area contributed by atoms with Crippen LogP contribution in [0.5, 0.6) is 5.75 Å². The number of Topliss-reactive ketones (excluding diaryl/α,β-unsaturated/α-hetero) is 1. The van der Waals surface area contributed by atoms with Crippen molar-refractivity contribution in [1.82, 2.24) is 24.8 Å². The summed E-state index contributed by atoms with van der Waals surface area (Å²) in [4.78, 5) is 14.3. The van der Waals surface area contributed by atoms with Gasteiger partial charge in [0.2, 0.25) is 5.82 Å². The van der Waals surface area contributed by atoms with Gasteiger partial charge in [0.1, 0.15) is 12.3 Å². The fourth-order valence-corrected chi connectivity index (χ4v) is 3.53. The van der Waals surface area contributed by atoms with E-state index in [1.54, 1.807) is 0 Å². The Kier molecular flexibility index (Phi) is 5.43. The third kappa shape index (κ3) is 3.87. The van der Waals surface area contributed by atoms with E-state index in [0.29, 0.717) is 18.0 Å². The molecule has 0 bridgehead atoms. The smallest absolute Gasteiger partial charge is 0.204 e. The maximum absolute atomic E-state index is 13.0. The van der Waals surface area contributed by atoms with Crippen molar-refractivity contribution in [2.45, 2.75) is 27.3 Å². The molecule has 4 aromatic rings. The number of nitrogens with zero attached hydrogens (tertiary/aromatic N) is 5. The molecule has 2 aromatic carbocycles. The van der Waals surface area contributed by atoms with Gasteiger partial charge in [0.05, 0.1) is 6.61 Å². The lowest BCUT2D eigenvalue weighted by Gasteiger charge is -2.11. The zero-order valence-corrected chi connectivity index (χ0v) is 17.2. The van der Waals surface area contributed by atoms with E-state index in [0.717, 1.165) is 28.4 Å². The molecule has 7 heteroatoms. The van der Waals surface area contributed by atoms with E-state index in [1.165, 1.54) is 4.80 Å². The van der Waals surface area contributed by atoms with Crippen molar-refractivity contribution in [1.29, 1.82) is 0 Å². The lowest BCUT2D eigenvalue weighted by Crippen LogP contribution is -2.14. The largest absolute Gasteiger partial charge is 0.494 e. The molecule has 152 valence electrons. The highest BCUT2D eigenvalue weighted by molar-refractivity contribution is 5.97. The van der Waals surface area contributed by atoms with E-state index in [4.69, 9.17) is 4.74 Å². The molecule has 0 aliphatic carbocycles. The van der Waals surface area contributed by atoms with E-state index in [-0.39, 0.29) is 12.3 Å². The van der Waals surface area contributed by atoms with Crippen molar-refractivity contribution in [2.75, 3.05) is 6.61 Å². The first-order valence-electron chi connectivity index (χ1n) is 9.85. The second-order valence-corrected chi connectivity index (χ2v) is 6.98. The molecule has 0 unspecified atom stereocenters. The normalized spacial score (nSPS) is 10.9. The Labute approximate surface area is 174 Å². The maximum atomic E-state index is 13.0. The molecule has 0 atom stereocenters. The standard InChI is InChI=1S/C23H23N5O2/c1-4-30-20-12-10-19(11-13-20)28-16(2)14-21(17(28)3)22(29)15-27-25-23(24-26-27)18-8-6-5-7-9-18/h5-14H,4,15H2,1-3H3. The van der Waals surface area contributed by atoms with Crippen molar-refractivity contribution in [2.24, 2.45) is 0 Å². The Morgan fingerprint density at radius 2 is 1.77 bits per heavy atom. The van der Waals surface area contributed by atoms with Gasteiger partial charge in [-0.1, -0.05) is 30.3 Å². The topological polar surface area (TPSA) is 74.8 Å². The Bertz CT molecular complexity index is 1160. The van der Waals surface area contributed by atoms with Gasteiger partial charge in [-0.3, -0.25) is 4.79 Å². The molecule has 2 heterocycles. The summed E-state index contributed by atoms with van der Waals surface area (Å²) < 4.78 is 7.58. The van der Waals surface area contributed by atoms with Crippen LogP contribution < -0.4 is 4.74 Å². The van der Waals surface area contributed by atoms with Gasteiger partial charge >= 0.3 is 0 Å². The fraction of sp³-hybridized carbons (Fsp3) is 0.217. The van der Waals surface area contributed by atoms with Gasteiger partial charge in [0.15, 0.2) is 5.78 Å². The number of benzene rings is 2. The molecule has 0 radical (unpaired) electrons. The number of ketones is 1. The first-order valence-corrected chi connectivity index (χ1v) is 9.85. The molecule has 2 aromatic heterocycles. The number of carbonyl (C=O) groups excluding carboxylic acids is 1. The summed E-state index contributed by atoms with van der Waals surface area (Å²) in [5.41, 5.74) is 4.36. The van der Waals surface area contributed by atoms with Gasteiger partial charge in [0, 0.05) is 28.2 Å². The van der Waals surface area contributed by atoms with Crippen LogP contribution in [0.1, 0.15) is 28.7 Å². The van der Waals surface area contributed by atoms with Gasteiger partial charge in [0.25, 0.3) is 0 Å². The summed E-state index contributed by atoms with van der Waals surface area (Å²) in [6, 6.07) is 19.3. The highest BCUT2D eigenvalue weighted by Crippen LogP contribution is 2.23. The second-order valence-electron chi connectivity index (χ2n) is 6.98. The van der Waals surface area contributed by atoms with Crippen LogP contribution in [-0.4, -0.2) is 37.2 Å². The molecule has 0 amide bonds. The molecule has 0 fully saturated rings. The molecule has 0 aliphatic heterocycles. The van der Waals surface area contributed by atoms with Gasteiger partial charge < -0.3 is 9.30 Å². The van der Waals surface area contributed by atoms with Crippen molar-refractivity contribution in [3.05, 3.63) is 77.6 Å². The highest BCUT2D eigenvalue weighted by atomic mass is 16.5. The van der Waals surface area contributed by atoms with Gasteiger partial charge in [-0.15, -0.1) is 10.2 Å². The summed E-state index contributed by atoms with van der Waals surface area (Å²) in [5.74, 6) is 1.27. The summed E-state index contributed by atoms with van der Waals surface area (Å²) in [6.07, 6.45) is 0. The Morgan fingerprint density at radius 3 is 2.47 bits per heavy atom. The summed E-state index contributed by atoms with van der Waals surface area (Å²) in [7, 11) is 0. The molecule has 0 saturated heterocycles. The number of hydrogen-bond donors (Lipinski definition) is 0. The molecule has 0 aliphatic rings. The lowest BCUT2D eigenvalue weighted by atomic mass is 10.1. The number of hydrogen-bond acceptors (Lipinski definition) is 5. The highest BCUT2D eigenvalue weighted by Gasteiger charge is 2.18. The van der Waals surface area contributed by atoms with Crippen LogP contribution in [0, 0.1) is 13.8 Å². The zero-order valence-electron chi connectivity index (χ0n) is 17.2. The van der Waals surface area contributed by atoms with Crippen molar-refractivity contribution >= 4 is 5.78 Å². The first kappa shape index (κ1) is 19.6. The van der Waals surface area contributed by atoms with Gasteiger partial charge in [-0.25, -0.2) is 0 Å². The van der Waals surface area contributed by atoms with Crippen molar-refractivity contribution in [3.8, 4) is 22.8 Å². The Hall–Kier alpha value is -3.74. The molecule has 0 saturated carbocycles. The van der Waals surface area contributed by atoms with E-state index >= 15 is 0 Å². The van der Waals surface area contributed by atoms with Crippen LogP contribution >= 0.6 is 0 Å². The summed E-state index contributed by atoms with van der Waals surface area (Å²) >= 11 is 0. The minimum atomic E-state index is -0.0581. The predicted octanol–water partition coefficient (Wildman–Crippen LogP) is 4.03. The first-order chi connectivity index (χ1) is 14.6. The second kappa shape index (κ2) is 8.32. The quantitative estimate of drug-likeness (QED) is 0.437. The SMILES string of the molecule is CCOc1ccc(-n2c(C)cc(C(=O)Cn3nnc(-c4ccccc4)n3)c2C)cc1. The predicted molar refractivity (Wildman–Crippen MR) is 114 cm³/mol. The molecular weight excluding hydrogens is 378 g/mol. The van der Waals surface area contributed by atoms with Crippen LogP contribution in [0.4, 0.5) is 0 Å². The summed E-state index contributed by atoms with van der Waals surface area (Å²) in [6.45, 7) is 6.55. The minimum absolute atomic E-state index is 0.0351. The minimum Gasteiger partial charge on any atom is -0.494 e.